The molecule has 7 rings (SSSR count). The minimum atomic E-state index is -0.971. The number of aromatic nitrogens is 3. The molecule has 1 amide bonds. The van der Waals surface area contributed by atoms with Crippen LogP contribution in [0.5, 0.6) is 6.01 Å². The zero-order valence-corrected chi connectivity index (χ0v) is 30.7. The first-order valence-corrected chi connectivity index (χ1v) is 18.5. The number of likely N-dealkylation sites (tertiary alicyclic amines) is 1. The average molecular weight is 752 g/mol. The van der Waals surface area contributed by atoms with Crippen molar-refractivity contribution >= 4 is 51.1 Å². The van der Waals surface area contributed by atoms with Gasteiger partial charge in [0, 0.05) is 86.6 Å². The Hall–Kier alpha value is -5.22. The normalized spacial score (nSPS) is 17.2. The van der Waals surface area contributed by atoms with Crippen molar-refractivity contribution in [3.8, 4) is 23.2 Å². The summed E-state index contributed by atoms with van der Waals surface area (Å²) in [4.78, 5) is 32.6. The summed E-state index contributed by atoms with van der Waals surface area (Å²) in [5.74, 6) is -1.94. The third kappa shape index (κ3) is 7.99. The maximum atomic E-state index is 17.0. The number of amides is 1. The number of nitriles is 1. The molecule has 0 aliphatic carbocycles. The van der Waals surface area contributed by atoms with Crippen LogP contribution in [0.2, 0.25) is 5.02 Å². The van der Waals surface area contributed by atoms with E-state index in [-0.39, 0.29) is 43.7 Å². The molecule has 278 valence electrons. The smallest absolute Gasteiger partial charge is 0.319 e. The van der Waals surface area contributed by atoms with Crippen molar-refractivity contribution in [2.75, 3.05) is 57.9 Å². The number of fused-ring (bicyclic) bond motifs is 2. The second-order valence-electron chi connectivity index (χ2n) is 13.5. The van der Waals surface area contributed by atoms with Crippen molar-refractivity contribution in [2.24, 2.45) is 0 Å². The van der Waals surface area contributed by atoms with Crippen molar-refractivity contribution in [1.29, 1.82) is 5.26 Å². The van der Waals surface area contributed by atoms with Crippen LogP contribution in [0.3, 0.4) is 0 Å². The average Bonchev–Trinajstić information content (AvgIpc) is 3.19. The quantitative estimate of drug-likeness (QED) is 0.100. The summed E-state index contributed by atoms with van der Waals surface area (Å²) in [6.07, 6.45) is 4.84. The fourth-order valence-electron chi connectivity index (χ4n) is 7.36. The number of carbonyl (C=O) groups excluding carboxylic acids is 1. The third-order valence-electron chi connectivity index (χ3n) is 10.1. The number of piperidine rings is 1. The minimum Gasteiger partial charge on any atom is -0.460 e. The van der Waals surface area contributed by atoms with Gasteiger partial charge in [-0.2, -0.15) is 15.2 Å². The summed E-state index contributed by atoms with van der Waals surface area (Å²) in [7, 11) is 1.70. The maximum Gasteiger partial charge on any atom is 0.319 e. The van der Waals surface area contributed by atoms with Gasteiger partial charge in [-0.15, -0.1) is 0 Å². The van der Waals surface area contributed by atoms with Crippen molar-refractivity contribution in [2.45, 2.75) is 37.8 Å². The van der Waals surface area contributed by atoms with Crippen molar-refractivity contribution < 1.29 is 23.0 Å². The number of carbonyl (C=O) groups is 1. The molecule has 1 atom stereocenters. The van der Waals surface area contributed by atoms with Gasteiger partial charge in [0.1, 0.15) is 17.4 Å². The van der Waals surface area contributed by atoms with E-state index in [1.807, 2.05) is 35.2 Å². The molecule has 4 heterocycles. The van der Waals surface area contributed by atoms with E-state index in [4.69, 9.17) is 26.1 Å². The van der Waals surface area contributed by atoms with Crippen molar-refractivity contribution in [3.63, 3.8) is 0 Å². The van der Waals surface area contributed by atoms with Gasteiger partial charge in [0.2, 0.25) is 0 Å². The molecule has 2 aromatic heterocycles. The van der Waals surface area contributed by atoms with Crippen LogP contribution in [0.25, 0.3) is 38.9 Å². The van der Waals surface area contributed by atoms with Gasteiger partial charge >= 0.3 is 6.01 Å². The number of nitrogens with zero attached hydrogens (tertiary/aromatic N) is 7. The van der Waals surface area contributed by atoms with Crippen LogP contribution in [-0.4, -0.2) is 95.8 Å². The number of benzene rings is 3. The van der Waals surface area contributed by atoms with Gasteiger partial charge in [-0.3, -0.25) is 9.78 Å². The topological polar surface area (TPSA) is 108 Å². The Labute approximate surface area is 317 Å². The Morgan fingerprint density at radius 3 is 2.59 bits per heavy atom. The van der Waals surface area contributed by atoms with E-state index in [9.17, 15) is 10.1 Å². The number of hydrogen-bond acceptors (Lipinski definition) is 9. The molecule has 0 spiro atoms. The molecule has 0 N–H and O–H groups in total. The van der Waals surface area contributed by atoms with Gasteiger partial charge in [-0.25, -0.2) is 8.78 Å². The van der Waals surface area contributed by atoms with Crippen LogP contribution in [0.15, 0.2) is 78.8 Å². The van der Waals surface area contributed by atoms with Crippen LogP contribution < -0.4 is 9.64 Å². The van der Waals surface area contributed by atoms with Crippen molar-refractivity contribution in [3.05, 3.63) is 95.3 Å². The van der Waals surface area contributed by atoms with Gasteiger partial charge in [-0.05, 0) is 54.5 Å². The van der Waals surface area contributed by atoms with Crippen LogP contribution >= 0.6 is 11.6 Å². The summed E-state index contributed by atoms with van der Waals surface area (Å²) in [6, 6.07) is 21.2. The molecular weight excluding hydrogens is 712 g/mol. The lowest BCUT2D eigenvalue weighted by atomic mass is 9.96. The fourth-order valence-corrected chi connectivity index (χ4v) is 7.65. The molecule has 2 fully saturated rings. The lowest BCUT2D eigenvalue weighted by Gasteiger charge is -2.41. The molecule has 0 unspecified atom stereocenters. The number of ether oxygens (including phenoxy) is 2. The molecule has 2 aliphatic rings. The van der Waals surface area contributed by atoms with E-state index in [1.165, 1.54) is 11.1 Å². The first-order valence-electron chi connectivity index (χ1n) is 18.1. The Kier molecular flexibility index (Phi) is 11.6. The molecule has 2 aliphatic heterocycles. The summed E-state index contributed by atoms with van der Waals surface area (Å²) in [5.41, 5.74) is 1.34. The number of hydrogen-bond donors (Lipinski definition) is 0. The fraction of sp³-hybridized carbons (Fsp3) is 0.341. The van der Waals surface area contributed by atoms with Gasteiger partial charge in [-0.1, -0.05) is 54.1 Å². The molecular formula is C41H40ClF2N7O3. The molecule has 54 heavy (non-hydrogen) atoms. The van der Waals surface area contributed by atoms with Crippen LogP contribution in [0.1, 0.15) is 31.4 Å². The first kappa shape index (κ1) is 37.1. The third-order valence-corrected chi connectivity index (χ3v) is 10.4. The van der Waals surface area contributed by atoms with Crippen LogP contribution in [-0.2, 0) is 9.53 Å². The number of halogens is 3. The van der Waals surface area contributed by atoms with Gasteiger partial charge < -0.3 is 24.2 Å². The number of pyridine rings is 1. The second-order valence-corrected chi connectivity index (χ2v) is 13.9. The highest BCUT2D eigenvalue weighted by Crippen LogP contribution is 2.39. The number of anilines is 1. The number of piperazine rings is 1. The zero-order chi connectivity index (χ0) is 37.6. The molecule has 10 nitrogen and oxygen atoms in total. The minimum absolute atomic E-state index is 0.0435. The zero-order valence-electron chi connectivity index (χ0n) is 29.9. The maximum absolute atomic E-state index is 17.0. The Morgan fingerprint density at radius 2 is 1.83 bits per heavy atom. The Balaban J connectivity index is 1.23. The molecule has 0 radical (unpaired) electrons. The lowest BCUT2D eigenvalue weighted by molar-refractivity contribution is -0.131. The predicted molar refractivity (Wildman–Crippen MR) is 205 cm³/mol. The van der Waals surface area contributed by atoms with Crippen LogP contribution in [0.4, 0.5) is 14.6 Å². The molecule has 2 saturated heterocycles. The summed E-state index contributed by atoms with van der Waals surface area (Å²) in [5, 5.41) is 12.3. The monoisotopic (exact) mass is 751 g/mol. The van der Waals surface area contributed by atoms with Crippen molar-refractivity contribution in [1.82, 2.24) is 24.8 Å². The summed E-state index contributed by atoms with van der Waals surface area (Å²) in [6.45, 7) is 3.83. The molecule has 3 aromatic carbocycles. The lowest BCUT2D eigenvalue weighted by Crippen LogP contribution is -2.55. The number of methoxy groups -OCH3 is 1. The summed E-state index contributed by atoms with van der Waals surface area (Å²) < 4.78 is 43.9. The Bertz CT molecular complexity index is 2200. The van der Waals surface area contributed by atoms with E-state index in [0.717, 1.165) is 55.7 Å². The highest BCUT2D eigenvalue weighted by atomic mass is 35.5. The van der Waals surface area contributed by atoms with E-state index in [0.29, 0.717) is 39.7 Å². The van der Waals surface area contributed by atoms with E-state index < -0.39 is 23.6 Å². The second kappa shape index (κ2) is 16.8. The Morgan fingerprint density at radius 1 is 1.02 bits per heavy atom. The van der Waals surface area contributed by atoms with E-state index in [2.05, 4.69) is 20.9 Å². The highest BCUT2D eigenvalue weighted by Gasteiger charge is 2.34. The summed E-state index contributed by atoms with van der Waals surface area (Å²) >= 11 is 6.66. The molecule has 0 bridgehead atoms. The van der Waals surface area contributed by atoms with E-state index >= 15 is 8.78 Å². The molecule has 0 saturated carbocycles. The SMILES string of the molecule is COCCCN1CCC(Oc2nc(N3CCN(C(=O)/C(F)=C/c4ccccn4)[C@@H](CC#N)C3)c3ccc(-c4cccc5cccc(Cl)c45)c(F)c3n2)CC1. The first-order chi connectivity index (χ1) is 26.3. The van der Waals surface area contributed by atoms with Gasteiger partial charge in [0.05, 0.1) is 24.2 Å². The standard InChI is InChI=1S/C41H40ClF2N7O3/c1-53-24-6-19-49-20-15-30(16-21-49)54-41-47-38-33(13-12-32(37(38)44)31-10-4-7-27-8-5-11-34(42)36(27)31)39(48-41)50-22-23-51(29(26-50)14-17-45)40(52)35(43)25-28-9-2-3-18-46-28/h2-5,7-13,18,25,29-30H,6,14-16,19-24,26H2,1H3/b35-25-/t29-/m0/s1. The van der Waals surface area contributed by atoms with Gasteiger partial charge in [0.15, 0.2) is 11.6 Å². The predicted octanol–water partition coefficient (Wildman–Crippen LogP) is 7.46. The highest BCUT2D eigenvalue weighted by molar-refractivity contribution is 6.36. The van der Waals surface area contributed by atoms with Gasteiger partial charge in [0.25, 0.3) is 5.91 Å². The molecule has 13 heteroatoms. The number of rotatable bonds is 11. The van der Waals surface area contributed by atoms with Crippen LogP contribution in [0, 0.1) is 17.1 Å². The molecule has 5 aromatic rings. The largest absolute Gasteiger partial charge is 0.460 e. The van der Waals surface area contributed by atoms with E-state index in [1.54, 1.807) is 43.5 Å².